The van der Waals surface area contributed by atoms with Crippen molar-refractivity contribution in [1.82, 2.24) is 0 Å². The predicted octanol–water partition coefficient (Wildman–Crippen LogP) is 3.70. The van der Waals surface area contributed by atoms with E-state index >= 15 is 0 Å². The van der Waals surface area contributed by atoms with Crippen molar-refractivity contribution in [3.8, 4) is 0 Å². The summed E-state index contributed by atoms with van der Waals surface area (Å²) < 4.78 is 36.3. The molecule has 0 aliphatic rings. The maximum atomic E-state index is 13.7. The first kappa shape index (κ1) is 15.6. The Kier molecular flexibility index (Phi) is 5.76. The third kappa shape index (κ3) is 3.31. The van der Waals surface area contributed by atoms with Crippen LogP contribution in [0.2, 0.25) is 5.02 Å². The maximum Gasteiger partial charge on any atom is 0.351 e. The Hall–Kier alpha value is -0.450. The fourth-order valence-electron chi connectivity index (χ4n) is 1.51. The van der Waals surface area contributed by atoms with E-state index in [1.54, 1.807) is 13.8 Å². The number of halogens is 2. The van der Waals surface area contributed by atoms with Gasteiger partial charge < -0.3 is 14.8 Å². The normalized spacial score (nSPS) is 13.6. The monoisotopic (exact) mass is 295 g/mol. The van der Waals surface area contributed by atoms with E-state index in [-0.39, 0.29) is 23.8 Å². The molecule has 0 unspecified atom stereocenters. The minimum atomic E-state index is -3.63. The van der Waals surface area contributed by atoms with Gasteiger partial charge in [-0.25, -0.2) is 4.39 Å². The lowest BCUT2D eigenvalue weighted by molar-refractivity contribution is 0.212. The van der Waals surface area contributed by atoms with Gasteiger partial charge in [-0.1, -0.05) is 17.7 Å². The van der Waals surface area contributed by atoms with Crippen LogP contribution in [0.15, 0.2) is 18.2 Å². The molecule has 0 aromatic heterocycles. The summed E-state index contributed by atoms with van der Waals surface area (Å²) in [5.74, 6) is -1.87. The lowest BCUT2D eigenvalue weighted by Gasteiger charge is -2.24. The first-order valence-electron chi connectivity index (χ1n) is 5.54. The van der Waals surface area contributed by atoms with Crippen LogP contribution in [-0.2, 0) is 13.6 Å². The van der Waals surface area contributed by atoms with Crippen molar-refractivity contribution in [2.24, 2.45) is 5.73 Å². The molecule has 0 saturated heterocycles. The number of hydrogen-bond acceptors (Lipinski definition) is 4. The Morgan fingerprint density at radius 1 is 1.39 bits per heavy atom. The Labute approximate surface area is 111 Å². The van der Waals surface area contributed by atoms with Gasteiger partial charge in [0.05, 0.1) is 13.2 Å². The molecular weight excluding hydrogens is 280 g/mol. The molecule has 1 atom stereocenters. The Morgan fingerprint density at radius 3 is 2.39 bits per heavy atom. The molecule has 0 heterocycles. The highest BCUT2D eigenvalue weighted by molar-refractivity contribution is 7.54. The molecule has 4 nitrogen and oxygen atoms in total. The summed E-state index contributed by atoms with van der Waals surface area (Å²) in [4.78, 5) is 0. The second kappa shape index (κ2) is 6.64. The van der Waals surface area contributed by atoms with Crippen LogP contribution >= 0.6 is 19.2 Å². The summed E-state index contributed by atoms with van der Waals surface area (Å²) >= 11 is 5.88. The van der Waals surface area contributed by atoms with E-state index in [0.29, 0.717) is 0 Å². The van der Waals surface area contributed by atoms with E-state index in [1.165, 1.54) is 18.2 Å². The molecule has 0 bridgehead atoms. The molecule has 0 fully saturated rings. The quantitative estimate of drug-likeness (QED) is 0.813. The Balaban J connectivity index is 3.17. The van der Waals surface area contributed by atoms with Crippen LogP contribution in [0.3, 0.4) is 0 Å². The molecule has 18 heavy (non-hydrogen) atoms. The predicted molar refractivity (Wildman–Crippen MR) is 69.2 cm³/mol. The van der Waals surface area contributed by atoms with Crippen LogP contribution in [-0.4, -0.2) is 13.2 Å². The molecule has 0 radical (unpaired) electrons. The zero-order chi connectivity index (χ0) is 13.8. The van der Waals surface area contributed by atoms with Crippen molar-refractivity contribution in [2.45, 2.75) is 19.6 Å². The molecule has 1 rings (SSSR count). The van der Waals surface area contributed by atoms with Crippen molar-refractivity contribution in [2.75, 3.05) is 13.2 Å². The zero-order valence-corrected chi connectivity index (χ0v) is 11.9. The van der Waals surface area contributed by atoms with E-state index < -0.39 is 19.2 Å². The number of nitrogens with two attached hydrogens (primary N) is 1. The highest BCUT2D eigenvalue weighted by Gasteiger charge is 2.36. The molecular formula is C11H16ClFNO3P. The Morgan fingerprint density at radius 2 is 1.94 bits per heavy atom. The molecule has 0 spiro atoms. The van der Waals surface area contributed by atoms with E-state index in [9.17, 15) is 8.96 Å². The van der Waals surface area contributed by atoms with Crippen molar-refractivity contribution >= 4 is 19.2 Å². The lowest BCUT2D eigenvalue weighted by Crippen LogP contribution is -2.17. The average molecular weight is 296 g/mol. The molecule has 0 saturated carbocycles. The van der Waals surface area contributed by atoms with Gasteiger partial charge in [-0.05, 0) is 26.0 Å². The number of hydrogen-bond donors (Lipinski definition) is 1. The first-order valence-corrected chi connectivity index (χ1v) is 7.53. The van der Waals surface area contributed by atoms with Crippen LogP contribution < -0.4 is 5.73 Å². The van der Waals surface area contributed by atoms with Crippen LogP contribution in [0.5, 0.6) is 0 Å². The van der Waals surface area contributed by atoms with Gasteiger partial charge in [-0.15, -0.1) is 0 Å². The van der Waals surface area contributed by atoms with Crippen molar-refractivity contribution < 1.29 is 18.0 Å². The molecule has 2 N–H and O–H groups in total. The summed E-state index contributed by atoms with van der Waals surface area (Å²) in [6, 6.07) is 4.12. The van der Waals surface area contributed by atoms with E-state index in [1.807, 2.05) is 0 Å². The van der Waals surface area contributed by atoms with Crippen LogP contribution in [0.4, 0.5) is 4.39 Å². The average Bonchev–Trinajstić information content (AvgIpc) is 2.29. The van der Waals surface area contributed by atoms with Gasteiger partial charge in [-0.2, -0.15) is 0 Å². The van der Waals surface area contributed by atoms with E-state index in [4.69, 9.17) is 26.4 Å². The lowest BCUT2D eigenvalue weighted by atomic mass is 10.2. The summed E-state index contributed by atoms with van der Waals surface area (Å²) in [6.07, 6.45) is 0. The highest BCUT2D eigenvalue weighted by atomic mass is 35.5. The minimum absolute atomic E-state index is 0.0515. The number of benzene rings is 1. The summed E-state index contributed by atoms with van der Waals surface area (Å²) in [5, 5.41) is 0.0992. The third-order valence-corrected chi connectivity index (χ3v) is 4.76. The van der Waals surface area contributed by atoms with Gasteiger partial charge in [0, 0.05) is 10.6 Å². The summed E-state index contributed by atoms with van der Waals surface area (Å²) in [6.45, 7) is 3.61. The van der Waals surface area contributed by atoms with Gasteiger partial charge in [0.2, 0.25) is 0 Å². The highest BCUT2D eigenvalue weighted by Crippen LogP contribution is 2.59. The fourth-order valence-corrected chi connectivity index (χ4v) is 3.56. The second-order valence-electron chi connectivity index (χ2n) is 3.46. The summed E-state index contributed by atoms with van der Waals surface area (Å²) in [7, 11) is -3.63. The van der Waals surface area contributed by atoms with Gasteiger partial charge >= 0.3 is 7.60 Å². The van der Waals surface area contributed by atoms with Crippen LogP contribution in [0, 0.1) is 5.82 Å². The fraction of sp³-hybridized carbons (Fsp3) is 0.455. The summed E-state index contributed by atoms with van der Waals surface area (Å²) in [5.41, 5.74) is 5.76. The molecule has 102 valence electrons. The second-order valence-corrected chi connectivity index (χ2v) is 6.02. The smallest absolute Gasteiger partial charge is 0.314 e. The van der Waals surface area contributed by atoms with Crippen LogP contribution in [0.1, 0.15) is 25.2 Å². The van der Waals surface area contributed by atoms with Crippen LogP contribution in [0.25, 0.3) is 0 Å². The molecule has 1 aromatic carbocycles. The SMILES string of the molecule is CCOP(=O)(OCC)[C@@H](N)c1c(F)cccc1Cl. The third-order valence-electron chi connectivity index (χ3n) is 2.25. The van der Waals surface area contributed by atoms with Crippen molar-refractivity contribution in [3.05, 3.63) is 34.6 Å². The van der Waals surface area contributed by atoms with E-state index in [0.717, 1.165) is 0 Å². The molecule has 0 aliphatic carbocycles. The molecule has 0 amide bonds. The number of rotatable bonds is 6. The van der Waals surface area contributed by atoms with E-state index in [2.05, 4.69) is 0 Å². The van der Waals surface area contributed by atoms with Crippen molar-refractivity contribution in [1.29, 1.82) is 0 Å². The van der Waals surface area contributed by atoms with Gasteiger partial charge in [0.15, 0.2) is 0 Å². The molecule has 7 heteroatoms. The Bertz CT molecular complexity index is 428. The van der Waals surface area contributed by atoms with Crippen molar-refractivity contribution in [3.63, 3.8) is 0 Å². The van der Waals surface area contributed by atoms with Gasteiger partial charge in [0.25, 0.3) is 0 Å². The zero-order valence-electron chi connectivity index (χ0n) is 10.2. The van der Waals surface area contributed by atoms with Gasteiger partial charge in [0.1, 0.15) is 11.6 Å². The maximum absolute atomic E-state index is 13.7. The minimum Gasteiger partial charge on any atom is -0.314 e. The molecule has 1 aromatic rings. The molecule has 0 aliphatic heterocycles. The standard InChI is InChI=1S/C11H16ClFNO3P/c1-3-16-18(15,17-4-2)11(14)10-8(12)6-5-7-9(10)13/h5-7,11H,3-4,14H2,1-2H3/t11-/m1/s1. The first-order chi connectivity index (χ1) is 8.46. The van der Waals surface area contributed by atoms with Gasteiger partial charge in [-0.3, -0.25) is 4.57 Å². The topological polar surface area (TPSA) is 61.5 Å². The largest absolute Gasteiger partial charge is 0.351 e.